The van der Waals surface area contributed by atoms with Gasteiger partial charge in [-0.25, -0.2) is 9.97 Å². The highest BCUT2D eigenvalue weighted by Crippen LogP contribution is 2.37. The molecule has 1 aliphatic carbocycles. The standard InChI is InChI=1S/C28H34N4O/c1-19-7-8-20(27(33)32-23-11-9-22(10-12-23)28(2,3)4)16-21(19)17-26-24(6-5-14-30-26)25-13-15-29-18-31-25/h5-8,13-16,18,22-23H,9-12,17H2,1-4H3,(H,32,33). The second kappa shape index (κ2) is 9.82. The summed E-state index contributed by atoms with van der Waals surface area (Å²) in [7, 11) is 0. The Hall–Kier alpha value is -3.08. The van der Waals surface area contributed by atoms with Gasteiger partial charge in [-0.05, 0) is 85.4 Å². The molecule has 0 atom stereocenters. The molecule has 5 nitrogen and oxygen atoms in total. The van der Waals surface area contributed by atoms with E-state index in [2.05, 4.69) is 48.0 Å². The molecule has 1 saturated carbocycles. The van der Waals surface area contributed by atoms with Crippen LogP contribution in [0.2, 0.25) is 0 Å². The Morgan fingerprint density at radius 1 is 1.03 bits per heavy atom. The number of aryl methyl sites for hydroxylation is 1. The number of carbonyl (C=O) groups excluding carboxylic acids is 1. The number of aromatic nitrogens is 3. The summed E-state index contributed by atoms with van der Waals surface area (Å²) in [4.78, 5) is 26.1. The minimum atomic E-state index is 0.0208. The van der Waals surface area contributed by atoms with E-state index in [1.807, 2.05) is 36.4 Å². The quantitative estimate of drug-likeness (QED) is 0.544. The molecular formula is C28H34N4O. The first-order valence-corrected chi connectivity index (χ1v) is 11.9. The van der Waals surface area contributed by atoms with Gasteiger partial charge in [0.2, 0.25) is 0 Å². The summed E-state index contributed by atoms with van der Waals surface area (Å²) < 4.78 is 0. The van der Waals surface area contributed by atoms with Crippen molar-refractivity contribution in [3.63, 3.8) is 0 Å². The zero-order valence-corrected chi connectivity index (χ0v) is 20.1. The van der Waals surface area contributed by atoms with Crippen LogP contribution in [-0.2, 0) is 6.42 Å². The Balaban J connectivity index is 1.48. The van der Waals surface area contributed by atoms with Gasteiger partial charge in [-0.3, -0.25) is 9.78 Å². The third-order valence-corrected chi connectivity index (χ3v) is 7.00. The molecule has 0 spiro atoms. The number of hydrogen-bond donors (Lipinski definition) is 1. The first-order chi connectivity index (χ1) is 15.8. The monoisotopic (exact) mass is 442 g/mol. The molecule has 3 aromatic rings. The molecule has 1 N–H and O–H groups in total. The summed E-state index contributed by atoms with van der Waals surface area (Å²) in [5.74, 6) is 0.756. The second-order valence-corrected chi connectivity index (χ2v) is 10.3. The van der Waals surface area contributed by atoms with E-state index in [1.54, 1.807) is 18.7 Å². The van der Waals surface area contributed by atoms with Crippen molar-refractivity contribution in [1.29, 1.82) is 0 Å². The first-order valence-electron chi connectivity index (χ1n) is 11.9. The lowest BCUT2D eigenvalue weighted by Crippen LogP contribution is -2.39. The van der Waals surface area contributed by atoms with Crippen molar-refractivity contribution in [2.24, 2.45) is 11.3 Å². The summed E-state index contributed by atoms with van der Waals surface area (Å²) in [5.41, 5.74) is 6.10. The maximum Gasteiger partial charge on any atom is 0.251 e. The molecule has 1 aromatic carbocycles. The fourth-order valence-corrected chi connectivity index (χ4v) is 4.82. The highest BCUT2D eigenvalue weighted by atomic mass is 16.1. The molecule has 0 aliphatic heterocycles. The van der Waals surface area contributed by atoms with Crippen molar-refractivity contribution in [3.8, 4) is 11.3 Å². The normalized spacial score (nSPS) is 18.7. The molecule has 4 rings (SSSR count). The highest BCUT2D eigenvalue weighted by Gasteiger charge is 2.30. The Kier molecular flexibility index (Phi) is 6.87. The molecular weight excluding hydrogens is 408 g/mol. The summed E-state index contributed by atoms with van der Waals surface area (Å²) in [6, 6.07) is 12.1. The topological polar surface area (TPSA) is 67.8 Å². The minimum absolute atomic E-state index is 0.0208. The van der Waals surface area contributed by atoms with Gasteiger partial charge in [-0.15, -0.1) is 0 Å². The summed E-state index contributed by atoms with van der Waals surface area (Å²) >= 11 is 0. The van der Waals surface area contributed by atoms with Gasteiger partial charge in [0, 0.05) is 36.0 Å². The van der Waals surface area contributed by atoms with Crippen LogP contribution in [0.25, 0.3) is 11.3 Å². The zero-order valence-electron chi connectivity index (χ0n) is 20.1. The molecule has 0 bridgehead atoms. The van der Waals surface area contributed by atoms with Crippen molar-refractivity contribution in [3.05, 3.63) is 77.5 Å². The van der Waals surface area contributed by atoms with Gasteiger partial charge in [-0.2, -0.15) is 0 Å². The largest absolute Gasteiger partial charge is 0.349 e. The van der Waals surface area contributed by atoms with Gasteiger partial charge in [-0.1, -0.05) is 26.8 Å². The van der Waals surface area contributed by atoms with Crippen molar-refractivity contribution in [1.82, 2.24) is 20.3 Å². The molecule has 33 heavy (non-hydrogen) atoms. The lowest BCUT2D eigenvalue weighted by atomic mass is 9.71. The number of nitrogens with one attached hydrogen (secondary N) is 1. The Morgan fingerprint density at radius 2 is 1.82 bits per heavy atom. The average molecular weight is 443 g/mol. The van der Waals surface area contributed by atoms with Crippen LogP contribution in [0.1, 0.15) is 73.6 Å². The number of rotatable bonds is 5. The van der Waals surface area contributed by atoms with E-state index < -0.39 is 0 Å². The third kappa shape index (κ3) is 5.65. The zero-order chi connectivity index (χ0) is 23.4. The fraction of sp³-hybridized carbons (Fsp3) is 0.429. The van der Waals surface area contributed by atoms with E-state index in [4.69, 9.17) is 0 Å². The molecule has 0 radical (unpaired) electrons. The van der Waals surface area contributed by atoms with Crippen molar-refractivity contribution < 1.29 is 4.79 Å². The van der Waals surface area contributed by atoms with Crippen LogP contribution < -0.4 is 5.32 Å². The average Bonchev–Trinajstić information content (AvgIpc) is 2.81. The van der Waals surface area contributed by atoms with Crippen molar-refractivity contribution in [2.45, 2.75) is 65.8 Å². The molecule has 5 heteroatoms. The maximum atomic E-state index is 13.1. The number of pyridine rings is 1. The Bertz CT molecular complexity index is 1100. The Morgan fingerprint density at radius 3 is 2.52 bits per heavy atom. The predicted octanol–water partition coefficient (Wildman–Crippen LogP) is 5.77. The summed E-state index contributed by atoms with van der Waals surface area (Å²) in [6.45, 7) is 9.05. The van der Waals surface area contributed by atoms with E-state index in [-0.39, 0.29) is 11.9 Å². The van der Waals surface area contributed by atoms with Crippen LogP contribution in [0.15, 0.2) is 55.1 Å². The van der Waals surface area contributed by atoms with Gasteiger partial charge in [0.25, 0.3) is 5.91 Å². The van der Waals surface area contributed by atoms with Crippen molar-refractivity contribution in [2.75, 3.05) is 0 Å². The molecule has 172 valence electrons. The van der Waals surface area contributed by atoms with Crippen LogP contribution in [0.4, 0.5) is 0 Å². The number of benzene rings is 1. The summed E-state index contributed by atoms with van der Waals surface area (Å²) in [6.07, 6.45) is 10.2. The summed E-state index contributed by atoms with van der Waals surface area (Å²) in [5, 5.41) is 3.28. The van der Waals surface area contributed by atoms with Gasteiger partial charge in [0.05, 0.1) is 11.4 Å². The third-order valence-electron chi connectivity index (χ3n) is 7.00. The predicted molar refractivity (Wildman–Crippen MR) is 132 cm³/mol. The Labute approximate surface area is 197 Å². The van der Waals surface area contributed by atoms with E-state index >= 15 is 0 Å². The van der Waals surface area contributed by atoms with Gasteiger partial charge in [0.15, 0.2) is 0 Å². The minimum Gasteiger partial charge on any atom is -0.349 e. The van der Waals surface area contributed by atoms with E-state index in [0.717, 1.165) is 46.8 Å². The van der Waals surface area contributed by atoms with Crippen LogP contribution in [-0.4, -0.2) is 26.9 Å². The number of nitrogens with zero attached hydrogens (tertiary/aromatic N) is 3. The van der Waals surface area contributed by atoms with E-state index in [9.17, 15) is 4.79 Å². The smallest absolute Gasteiger partial charge is 0.251 e. The molecule has 0 unspecified atom stereocenters. The number of amides is 1. The fourth-order valence-electron chi connectivity index (χ4n) is 4.82. The lowest BCUT2D eigenvalue weighted by molar-refractivity contribution is 0.0904. The molecule has 1 amide bonds. The molecule has 1 fully saturated rings. The number of carbonyl (C=O) groups is 1. The van der Waals surface area contributed by atoms with Crippen molar-refractivity contribution >= 4 is 5.91 Å². The molecule has 2 aromatic heterocycles. The molecule has 2 heterocycles. The molecule has 1 aliphatic rings. The second-order valence-electron chi connectivity index (χ2n) is 10.3. The van der Waals surface area contributed by atoms with E-state index in [1.165, 1.54) is 12.8 Å². The molecule has 0 saturated heterocycles. The van der Waals surface area contributed by atoms with Gasteiger partial charge < -0.3 is 5.32 Å². The van der Waals surface area contributed by atoms with Crippen LogP contribution >= 0.6 is 0 Å². The van der Waals surface area contributed by atoms with E-state index in [0.29, 0.717) is 17.4 Å². The SMILES string of the molecule is Cc1ccc(C(=O)NC2CCC(C(C)(C)C)CC2)cc1Cc1ncccc1-c1ccncn1. The van der Waals surface area contributed by atoms with Crippen LogP contribution in [0, 0.1) is 18.3 Å². The van der Waals surface area contributed by atoms with Crippen LogP contribution in [0.3, 0.4) is 0 Å². The first kappa shape index (κ1) is 23.1. The van der Waals surface area contributed by atoms with Gasteiger partial charge >= 0.3 is 0 Å². The highest BCUT2D eigenvalue weighted by molar-refractivity contribution is 5.94. The lowest BCUT2D eigenvalue weighted by Gasteiger charge is -2.37. The maximum absolute atomic E-state index is 13.1. The van der Waals surface area contributed by atoms with Gasteiger partial charge in [0.1, 0.15) is 6.33 Å². The number of hydrogen-bond acceptors (Lipinski definition) is 4. The van der Waals surface area contributed by atoms with Crippen LogP contribution in [0.5, 0.6) is 0 Å².